The molecule has 0 aliphatic rings. The van der Waals surface area contributed by atoms with E-state index < -0.39 is 19.9 Å². The molecule has 0 aromatic heterocycles. The van der Waals surface area contributed by atoms with Gasteiger partial charge in [0, 0.05) is 5.02 Å². The van der Waals surface area contributed by atoms with Crippen molar-refractivity contribution in [1.82, 2.24) is 0 Å². The first-order valence-corrected chi connectivity index (χ1v) is 10.8. The standard InChI is InChI=1S/C18H14ClNO4S2/c19-14-11-12-17(20-26(23,24)16-9-5-2-6-10-16)18(13-14)25(21,22)15-7-3-1-4-8-15/h1-13,20H. The molecule has 3 rings (SSSR count). The highest BCUT2D eigenvalue weighted by atomic mass is 35.5. The number of benzene rings is 3. The van der Waals surface area contributed by atoms with Crippen molar-refractivity contribution in [2.45, 2.75) is 14.7 Å². The van der Waals surface area contributed by atoms with Crippen LogP contribution in [0.25, 0.3) is 0 Å². The number of halogens is 1. The number of sulfone groups is 1. The second-order valence-corrected chi connectivity index (χ2v) is 9.41. The minimum atomic E-state index is -3.96. The van der Waals surface area contributed by atoms with Crippen molar-refractivity contribution in [1.29, 1.82) is 0 Å². The maximum atomic E-state index is 12.9. The van der Waals surface area contributed by atoms with Crippen molar-refractivity contribution in [3.63, 3.8) is 0 Å². The Hall–Kier alpha value is -2.35. The Morgan fingerprint density at radius 2 is 1.23 bits per heavy atom. The lowest BCUT2D eigenvalue weighted by Gasteiger charge is -2.14. The van der Waals surface area contributed by atoms with Crippen LogP contribution in [0.5, 0.6) is 0 Å². The molecule has 0 radical (unpaired) electrons. The molecule has 0 amide bonds. The SMILES string of the molecule is O=S(=O)(Nc1ccc(Cl)cc1S(=O)(=O)c1ccccc1)c1ccccc1. The minimum absolute atomic E-state index is 0.0259. The number of rotatable bonds is 5. The Kier molecular flexibility index (Phi) is 5.04. The van der Waals surface area contributed by atoms with Gasteiger partial charge < -0.3 is 0 Å². The molecule has 8 heteroatoms. The van der Waals surface area contributed by atoms with E-state index in [1.807, 2.05) is 0 Å². The summed E-state index contributed by atoms with van der Waals surface area (Å²) in [6.45, 7) is 0. The predicted molar refractivity (Wildman–Crippen MR) is 101 cm³/mol. The molecular weight excluding hydrogens is 394 g/mol. The maximum Gasteiger partial charge on any atom is 0.261 e. The van der Waals surface area contributed by atoms with E-state index in [1.165, 1.54) is 42.5 Å². The van der Waals surface area contributed by atoms with Crippen LogP contribution in [0.4, 0.5) is 5.69 Å². The van der Waals surface area contributed by atoms with Crippen LogP contribution in [0, 0.1) is 0 Å². The number of hydrogen-bond acceptors (Lipinski definition) is 4. The molecule has 0 heterocycles. The molecule has 1 N–H and O–H groups in total. The number of hydrogen-bond donors (Lipinski definition) is 1. The molecule has 3 aromatic rings. The smallest absolute Gasteiger partial charge is 0.261 e. The lowest BCUT2D eigenvalue weighted by molar-refractivity contribution is 0.596. The van der Waals surface area contributed by atoms with Gasteiger partial charge >= 0.3 is 0 Å². The van der Waals surface area contributed by atoms with E-state index in [4.69, 9.17) is 11.6 Å². The third kappa shape index (κ3) is 3.75. The molecule has 0 spiro atoms. The van der Waals surface area contributed by atoms with Gasteiger partial charge in [0.15, 0.2) is 0 Å². The van der Waals surface area contributed by atoms with Crippen LogP contribution in [0.15, 0.2) is 93.5 Å². The first-order valence-electron chi connectivity index (χ1n) is 7.48. The minimum Gasteiger partial charge on any atom is -0.278 e. The molecular formula is C18H14ClNO4S2. The van der Waals surface area contributed by atoms with E-state index in [9.17, 15) is 16.8 Å². The molecule has 0 atom stereocenters. The van der Waals surface area contributed by atoms with Crippen molar-refractivity contribution >= 4 is 37.1 Å². The molecule has 134 valence electrons. The second kappa shape index (κ2) is 7.11. The molecule has 0 aliphatic heterocycles. The average Bonchev–Trinajstić information content (AvgIpc) is 2.64. The summed E-state index contributed by atoms with van der Waals surface area (Å²) in [5.41, 5.74) is -0.0675. The molecule has 0 saturated carbocycles. The van der Waals surface area contributed by atoms with Crippen LogP contribution in [0.1, 0.15) is 0 Å². The predicted octanol–water partition coefficient (Wildman–Crippen LogP) is 3.97. The molecule has 0 bridgehead atoms. The van der Waals surface area contributed by atoms with E-state index >= 15 is 0 Å². The number of anilines is 1. The Balaban J connectivity index is 2.11. The van der Waals surface area contributed by atoms with Gasteiger partial charge in [-0.1, -0.05) is 48.0 Å². The van der Waals surface area contributed by atoms with Crippen LogP contribution in [-0.2, 0) is 19.9 Å². The summed E-state index contributed by atoms with van der Waals surface area (Å²) in [6.07, 6.45) is 0. The zero-order valence-electron chi connectivity index (χ0n) is 13.3. The van der Waals surface area contributed by atoms with Gasteiger partial charge in [0.25, 0.3) is 10.0 Å². The van der Waals surface area contributed by atoms with Crippen LogP contribution < -0.4 is 4.72 Å². The van der Waals surface area contributed by atoms with Gasteiger partial charge in [-0.15, -0.1) is 0 Å². The second-order valence-electron chi connectivity index (χ2n) is 5.38. The highest BCUT2D eigenvalue weighted by molar-refractivity contribution is 7.93. The third-order valence-corrected chi connectivity index (χ3v) is 7.01. The Morgan fingerprint density at radius 3 is 1.81 bits per heavy atom. The van der Waals surface area contributed by atoms with Crippen molar-refractivity contribution in [3.8, 4) is 0 Å². The highest BCUT2D eigenvalue weighted by Gasteiger charge is 2.24. The van der Waals surface area contributed by atoms with Gasteiger partial charge in [-0.25, -0.2) is 16.8 Å². The van der Waals surface area contributed by atoms with E-state index in [-0.39, 0.29) is 25.4 Å². The Labute approximate surface area is 157 Å². The molecule has 0 unspecified atom stereocenters. The van der Waals surface area contributed by atoms with Gasteiger partial charge in [-0.3, -0.25) is 4.72 Å². The van der Waals surface area contributed by atoms with Crippen molar-refractivity contribution in [3.05, 3.63) is 83.9 Å². The topological polar surface area (TPSA) is 80.3 Å². The Morgan fingerprint density at radius 1 is 0.692 bits per heavy atom. The van der Waals surface area contributed by atoms with Crippen LogP contribution >= 0.6 is 11.6 Å². The summed E-state index contributed by atoms with van der Waals surface area (Å²) in [7, 11) is -7.91. The third-order valence-electron chi connectivity index (χ3n) is 3.58. The largest absolute Gasteiger partial charge is 0.278 e. The summed E-state index contributed by atoms with van der Waals surface area (Å²) >= 11 is 5.96. The summed E-state index contributed by atoms with van der Waals surface area (Å²) in [6, 6.07) is 19.4. The van der Waals surface area contributed by atoms with E-state index in [0.29, 0.717) is 0 Å². The molecule has 5 nitrogen and oxygen atoms in total. The lowest BCUT2D eigenvalue weighted by Crippen LogP contribution is -2.15. The summed E-state index contributed by atoms with van der Waals surface area (Å²) in [4.78, 5) is -0.142. The van der Waals surface area contributed by atoms with Crippen LogP contribution in [0.3, 0.4) is 0 Å². The zero-order chi connectivity index (χ0) is 18.8. The Bertz CT molecular complexity index is 1130. The van der Waals surface area contributed by atoms with Gasteiger partial charge in [0.05, 0.1) is 20.4 Å². The van der Waals surface area contributed by atoms with Gasteiger partial charge in [0.1, 0.15) is 0 Å². The number of nitrogens with one attached hydrogen (secondary N) is 1. The molecule has 3 aromatic carbocycles. The molecule has 26 heavy (non-hydrogen) atoms. The van der Waals surface area contributed by atoms with Crippen LogP contribution in [-0.4, -0.2) is 16.8 Å². The molecule has 0 saturated heterocycles. The van der Waals surface area contributed by atoms with E-state index in [0.717, 1.165) is 0 Å². The van der Waals surface area contributed by atoms with Gasteiger partial charge in [0.2, 0.25) is 9.84 Å². The van der Waals surface area contributed by atoms with Crippen molar-refractivity contribution < 1.29 is 16.8 Å². The van der Waals surface area contributed by atoms with Gasteiger partial charge in [-0.2, -0.15) is 0 Å². The molecule has 0 aliphatic carbocycles. The first kappa shape index (κ1) is 18.4. The maximum absolute atomic E-state index is 12.9. The van der Waals surface area contributed by atoms with Crippen molar-refractivity contribution in [2.75, 3.05) is 4.72 Å². The summed E-state index contributed by atoms with van der Waals surface area (Å²) < 4.78 is 53.3. The normalized spacial score (nSPS) is 11.9. The summed E-state index contributed by atoms with van der Waals surface area (Å²) in [5, 5.41) is 0.183. The first-order chi connectivity index (χ1) is 12.3. The fraction of sp³-hybridized carbons (Fsp3) is 0. The van der Waals surface area contributed by atoms with Gasteiger partial charge in [-0.05, 0) is 42.5 Å². The zero-order valence-corrected chi connectivity index (χ0v) is 15.7. The monoisotopic (exact) mass is 407 g/mol. The van der Waals surface area contributed by atoms with E-state index in [2.05, 4.69) is 4.72 Å². The van der Waals surface area contributed by atoms with E-state index in [1.54, 1.807) is 36.4 Å². The fourth-order valence-corrected chi connectivity index (χ4v) is 5.20. The number of sulfonamides is 1. The quantitative estimate of drug-likeness (QED) is 0.693. The lowest BCUT2D eigenvalue weighted by atomic mass is 10.3. The van der Waals surface area contributed by atoms with Crippen molar-refractivity contribution in [2.24, 2.45) is 0 Å². The summed E-state index contributed by atoms with van der Waals surface area (Å²) in [5.74, 6) is 0. The fourth-order valence-electron chi connectivity index (χ4n) is 2.33. The molecule has 0 fully saturated rings. The highest BCUT2D eigenvalue weighted by Crippen LogP contribution is 2.31. The average molecular weight is 408 g/mol. The van der Waals surface area contributed by atoms with Crippen LogP contribution in [0.2, 0.25) is 5.02 Å².